The molecule has 0 amide bonds. The fourth-order valence-corrected chi connectivity index (χ4v) is 3.29. The zero-order valence-corrected chi connectivity index (χ0v) is 14.4. The van der Waals surface area contributed by atoms with E-state index in [1.54, 1.807) is 38.1 Å². The number of rotatable bonds is 5. The smallest absolute Gasteiger partial charge is 0.339 e. The zero-order chi connectivity index (χ0) is 17.9. The largest absolute Gasteiger partial charge is 0.478 e. The molecule has 1 N–H and O–H groups in total. The molecular formula is C18H18O5S. The van der Waals surface area contributed by atoms with E-state index in [1.807, 2.05) is 6.92 Å². The molecule has 126 valence electrons. The molecule has 0 fully saturated rings. The van der Waals surface area contributed by atoms with E-state index in [1.165, 1.54) is 18.2 Å². The van der Waals surface area contributed by atoms with Crippen LogP contribution in [0.25, 0.3) is 6.08 Å². The molecule has 2 aromatic rings. The monoisotopic (exact) mass is 346 g/mol. The van der Waals surface area contributed by atoms with E-state index in [9.17, 15) is 13.2 Å². The van der Waals surface area contributed by atoms with Gasteiger partial charge in [0.25, 0.3) is 0 Å². The zero-order valence-electron chi connectivity index (χ0n) is 13.6. The van der Waals surface area contributed by atoms with Crippen molar-refractivity contribution in [1.29, 1.82) is 0 Å². The number of carboxylic acid groups (broad SMARTS) is 1. The van der Waals surface area contributed by atoms with Crippen molar-refractivity contribution in [2.45, 2.75) is 25.7 Å². The summed E-state index contributed by atoms with van der Waals surface area (Å²) in [6.07, 6.45) is 2.47. The van der Waals surface area contributed by atoms with Gasteiger partial charge in [-0.2, -0.15) is 8.42 Å². The summed E-state index contributed by atoms with van der Waals surface area (Å²) < 4.78 is 30.1. The lowest BCUT2D eigenvalue weighted by Crippen LogP contribution is -2.11. The molecule has 0 spiro atoms. The van der Waals surface area contributed by atoms with E-state index < -0.39 is 16.1 Å². The Morgan fingerprint density at radius 2 is 1.58 bits per heavy atom. The highest BCUT2D eigenvalue weighted by Gasteiger charge is 2.19. The third-order valence-electron chi connectivity index (χ3n) is 3.40. The highest BCUT2D eigenvalue weighted by atomic mass is 32.2. The molecule has 0 aromatic heterocycles. The molecule has 2 aromatic carbocycles. The Morgan fingerprint density at radius 1 is 1.04 bits per heavy atom. The molecule has 0 aliphatic carbocycles. The van der Waals surface area contributed by atoms with Gasteiger partial charge in [-0.3, -0.25) is 0 Å². The van der Waals surface area contributed by atoms with Crippen LogP contribution in [0.15, 0.2) is 47.4 Å². The molecular weight excluding hydrogens is 328 g/mol. The van der Waals surface area contributed by atoms with Crippen molar-refractivity contribution in [3.63, 3.8) is 0 Å². The van der Waals surface area contributed by atoms with Crippen LogP contribution in [-0.4, -0.2) is 19.5 Å². The maximum Gasteiger partial charge on any atom is 0.339 e. The molecule has 24 heavy (non-hydrogen) atoms. The predicted octanol–water partition coefficient (Wildman–Crippen LogP) is 3.48. The quantitative estimate of drug-likeness (QED) is 0.662. The van der Waals surface area contributed by atoms with Gasteiger partial charge < -0.3 is 9.29 Å². The van der Waals surface area contributed by atoms with Crippen molar-refractivity contribution in [3.8, 4) is 5.75 Å². The summed E-state index contributed by atoms with van der Waals surface area (Å²) in [5.41, 5.74) is 2.83. The van der Waals surface area contributed by atoms with Crippen LogP contribution in [0.2, 0.25) is 0 Å². The molecule has 0 aliphatic heterocycles. The van der Waals surface area contributed by atoms with Gasteiger partial charge in [0.15, 0.2) is 0 Å². The molecule has 5 nitrogen and oxygen atoms in total. The molecule has 0 unspecified atom stereocenters. The molecule has 0 heterocycles. The summed E-state index contributed by atoms with van der Waals surface area (Å²) in [5, 5.41) is 8.68. The average Bonchev–Trinajstić information content (AvgIpc) is 2.49. The van der Waals surface area contributed by atoms with Crippen LogP contribution in [-0.2, 0) is 14.9 Å². The van der Waals surface area contributed by atoms with Crippen LogP contribution < -0.4 is 4.18 Å². The second-order valence-electron chi connectivity index (χ2n) is 5.51. The Kier molecular flexibility index (Phi) is 5.09. The van der Waals surface area contributed by atoms with Crippen molar-refractivity contribution in [2.24, 2.45) is 0 Å². The highest BCUT2D eigenvalue weighted by molar-refractivity contribution is 7.87. The predicted molar refractivity (Wildman–Crippen MR) is 91.6 cm³/mol. The van der Waals surface area contributed by atoms with Gasteiger partial charge in [0.05, 0.1) is 0 Å². The van der Waals surface area contributed by atoms with Crippen molar-refractivity contribution in [3.05, 3.63) is 64.7 Å². The van der Waals surface area contributed by atoms with Gasteiger partial charge in [0, 0.05) is 6.08 Å². The van der Waals surface area contributed by atoms with Crippen LogP contribution in [0, 0.1) is 20.8 Å². The third kappa shape index (κ3) is 4.23. The SMILES string of the molecule is Cc1ccc(S(=O)(=O)Oc2c(C)cc(/C=C/C(=O)O)cc2C)cc1. The average molecular weight is 346 g/mol. The molecule has 0 saturated carbocycles. The Labute approximate surface area is 141 Å². The Bertz CT molecular complexity index is 871. The summed E-state index contributed by atoms with van der Waals surface area (Å²) in [5.74, 6) is -0.796. The number of hydrogen-bond acceptors (Lipinski definition) is 4. The molecule has 0 atom stereocenters. The standard InChI is InChI=1S/C18H18O5S/c1-12-4-7-16(8-5-12)24(21,22)23-18-13(2)10-15(11-14(18)3)6-9-17(19)20/h4-11H,1-3H3,(H,19,20)/b9-6+. The second-order valence-corrected chi connectivity index (χ2v) is 7.05. The van der Waals surface area contributed by atoms with Crippen LogP contribution in [0.1, 0.15) is 22.3 Å². The van der Waals surface area contributed by atoms with Crippen molar-refractivity contribution < 1.29 is 22.5 Å². The summed E-state index contributed by atoms with van der Waals surface area (Å²) in [7, 11) is -3.93. The summed E-state index contributed by atoms with van der Waals surface area (Å²) >= 11 is 0. The van der Waals surface area contributed by atoms with Gasteiger partial charge in [-0.25, -0.2) is 4.79 Å². The van der Waals surface area contributed by atoms with E-state index in [2.05, 4.69) is 0 Å². The molecule has 6 heteroatoms. The first-order chi connectivity index (χ1) is 11.2. The molecule has 0 saturated heterocycles. The minimum absolute atomic E-state index is 0.0850. The Balaban J connectivity index is 2.36. The second kappa shape index (κ2) is 6.88. The van der Waals surface area contributed by atoms with Gasteiger partial charge in [0.2, 0.25) is 0 Å². The first-order valence-corrected chi connectivity index (χ1v) is 8.63. The molecule has 0 radical (unpaired) electrons. The normalized spacial score (nSPS) is 11.6. The topological polar surface area (TPSA) is 80.7 Å². The summed E-state index contributed by atoms with van der Waals surface area (Å²) in [6, 6.07) is 9.75. The number of aliphatic carboxylic acids is 1. The summed E-state index contributed by atoms with van der Waals surface area (Å²) in [4.78, 5) is 10.7. The van der Waals surface area contributed by atoms with E-state index in [0.717, 1.165) is 11.6 Å². The first kappa shape index (κ1) is 17.7. The van der Waals surface area contributed by atoms with Gasteiger partial charge in [-0.15, -0.1) is 0 Å². The highest BCUT2D eigenvalue weighted by Crippen LogP contribution is 2.28. The van der Waals surface area contributed by atoms with Gasteiger partial charge in [-0.05, 0) is 67.8 Å². The van der Waals surface area contributed by atoms with Gasteiger partial charge in [0.1, 0.15) is 10.6 Å². The number of carbonyl (C=O) groups is 1. The van der Waals surface area contributed by atoms with Crippen LogP contribution >= 0.6 is 0 Å². The minimum Gasteiger partial charge on any atom is -0.478 e. The molecule has 0 aliphatic rings. The van der Waals surface area contributed by atoms with Crippen LogP contribution in [0.5, 0.6) is 5.75 Å². The number of aryl methyl sites for hydroxylation is 3. The van der Waals surface area contributed by atoms with Crippen molar-refractivity contribution >= 4 is 22.2 Å². The number of benzene rings is 2. The Morgan fingerprint density at radius 3 is 2.08 bits per heavy atom. The van der Waals surface area contributed by atoms with E-state index in [0.29, 0.717) is 16.7 Å². The maximum atomic E-state index is 12.4. The van der Waals surface area contributed by atoms with E-state index in [-0.39, 0.29) is 10.6 Å². The Hall–Kier alpha value is -2.60. The summed E-state index contributed by atoms with van der Waals surface area (Å²) in [6.45, 7) is 5.30. The fraction of sp³-hybridized carbons (Fsp3) is 0.167. The minimum atomic E-state index is -3.93. The van der Waals surface area contributed by atoms with Gasteiger partial charge in [-0.1, -0.05) is 17.7 Å². The van der Waals surface area contributed by atoms with Crippen molar-refractivity contribution in [2.75, 3.05) is 0 Å². The number of carboxylic acids is 1. The van der Waals surface area contributed by atoms with Crippen molar-refractivity contribution in [1.82, 2.24) is 0 Å². The lowest BCUT2D eigenvalue weighted by molar-refractivity contribution is -0.131. The molecule has 0 bridgehead atoms. The lowest BCUT2D eigenvalue weighted by Gasteiger charge is -2.13. The maximum absolute atomic E-state index is 12.4. The third-order valence-corrected chi connectivity index (χ3v) is 4.64. The van der Waals surface area contributed by atoms with E-state index >= 15 is 0 Å². The van der Waals surface area contributed by atoms with Crippen LogP contribution in [0.3, 0.4) is 0 Å². The molecule has 2 rings (SSSR count). The number of hydrogen-bond donors (Lipinski definition) is 1. The van der Waals surface area contributed by atoms with E-state index in [4.69, 9.17) is 9.29 Å². The fourth-order valence-electron chi connectivity index (χ4n) is 2.24. The lowest BCUT2D eigenvalue weighted by atomic mass is 10.1. The first-order valence-electron chi connectivity index (χ1n) is 7.22. The van der Waals surface area contributed by atoms with Crippen LogP contribution in [0.4, 0.5) is 0 Å². The van der Waals surface area contributed by atoms with Gasteiger partial charge >= 0.3 is 16.1 Å².